The first-order chi connectivity index (χ1) is 9.78. The van der Waals surface area contributed by atoms with Crippen molar-refractivity contribution in [1.29, 1.82) is 0 Å². The minimum absolute atomic E-state index is 0.144. The van der Waals surface area contributed by atoms with Gasteiger partial charge >= 0.3 is 0 Å². The highest BCUT2D eigenvalue weighted by molar-refractivity contribution is 7.85. The van der Waals surface area contributed by atoms with Crippen molar-refractivity contribution in [3.05, 3.63) is 39.6 Å². The molecule has 114 valence electrons. The maximum Gasteiger partial charge on any atom is 0.264 e. The van der Waals surface area contributed by atoms with Crippen molar-refractivity contribution in [2.45, 2.75) is 19.9 Å². The van der Waals surface area contributed by atoms with Crippen LogP contribution in [-0.4, -0.2) is 25.8 Å². The van der Waals surface area contributed by atoms with E-state index in [0.29, 0.717) is 17.7 Å². The molecule has 1 aliphatic heterocycles. The van der Waals surface area contributed by atoms with Crippen molar-refractivity contribution < 1.29 is 17.0 Å². The van der Waals surface area contributed by atoms with Crippen LogP contribution in [0.5, 0.6) is 0 Å². The normalized spacial score (nSPS) is 24.3. The summed E-state index contributed by atoms with van der Waals surface area (Å²) < 4.78 is 43.2. The van der Waals surface area contributed by atoms with E-state index in [4.69, 9.17) is 4.18 Å². The lowest BCUT2D eigenvalue weighted by Crippen LogP contribution is -2.22. The molecule has 2 aliphatic rings. The molecule has 2 heterocycles. The van der Waals surface area contributed by atoms with Gasteiger partial charge in [0.25, 0.3) is 15.7 Å². The van der Waals surface area contributed by atoms with Crippen LogP contribution >= 0.6 is 0 Å². The fourth-order valence-corrected chi connectivity index (χ4v) is 3.54. The molecule has 0 radical (unpaired) electrons. The summed E-state index contributed by atoms with van der Waals surface area (Å²) in [6.07, 6.45) is 1.51. The van der Waals surface area contributed by atoms with Gasteiger partial charge in [0.15, 0.2) is 0 Å². The van der Waals surface area contributed by atoms with Crippen LogP contribution in [0.2, 0.25) is 0 Å². The summed E-state index contributed by atoms with van der Waals surface area (Å²) in [6, 6.07) is 3.21. The van der Waals surface area contributed by atoms with Gasteiger partial charge in [-0.1, -0.05) is 13.0 Å². The van der Waals surface area contributed by atoms with Crippen LogP contribution in [0.4, 0.5) is 4.39 Å². The number of hydrogen-bond donors (Lipinski definition) is 0. The Morgan fingerprint density at radius 2 is 2.14 bits per heavy atom. The molecule has 7 heteroatoms. The molecule has 0 saturated heterocycles. The van der Waals surface area contributed by atoms with E-state index in [1.165, 1.54) is 10.6 Å². The van der Waals surface area contributed by atoms with Crippen molar-refractivity contribution in [2.24, 2.45) is 11.8 Å². The number of pyridine rings is 1. The molecule has 2 atom stereocenters. The first-order valence-electron chi connectivity index (χ1n) is 6.75. The van der Waals surface area contributed by atoms with Crippen LogP contribution in [-0.2, 0) is 27.3 Å². The third kappa shape index (κ3) is 2.44. The molecule has 1 aliphatic carbocycles. The molecule has 0 fully saturated rings. The molecule has 0 amide bonds. The lowest BCUT2D eigenvalue weighted by molar-refractivity contribution is 0.278. The Labute approximate surface area is 122 Å². The van der Waals surface area contributed by atoms with Gasteiger partial charge in [-0.25, -0.2) is 4.39 Å². The van der Waals surface area contributed by atoms with Crippen LogP contribution in [0.15, 0.2) is 22.8 Å². The van der Waals surface area contributed by atoms with E-state index in [9.17, 15) is 17.6 Å². The Kier molecular flexibility index (Phi) is 3.29. The van der Waals surface area contributed by atoms with Gasteiger partial charge in [0.05, 0.1) is 18.6 Å². The molecule has 0 aromatic carbocycles. The van der Waals surface area contributed by atoms with Crippen LogP contribution in [0.3, 0.4) is 0 Å². The van der Waals surface area contributed by atoms with E-state index >= 15 is 0 Å². The van der Waals surface area contributed by atoms with Gasteiger partial charge in [-0.2, -0.15) is 8.42 Å². The Hall–Kier alpha value is -1.47. The molecule has 0 spiro atoms. The standard InChI is InChI=1S/C14H16FNO4S/c1-8-5-9-3-4-11(17)16-6-10(7-20-21(2,18)19)12(13(8)15)14(9)16/h3-4,8,10H,5-7H2,1-2H3. The van der Waals surface area contributed by atoms with Gasteiger partial charge in [0.2, 0.25) is 0 Å². The van der Waals surface area contributed by atoms with Crippen molar-refractivity contribution in [1.82, 2.24) is 4.57 Å². The zero-order valence-electron chi connectivity index (χ0n) is 11.8. The SMILES string of the molecule is CC1Cc2ccc(=O)n3c2C(=C1F)C(COS(C)(=O)=O)C3. The average Bonchev–Trinajstić information content (AvgIpc) is 2.77. The zero-order valence-corrected chi connectivity index (χ0v) is 12.6. The molecule has 2 unspecified atom stereocenters. The third-order valence-electron chi connectivity index (χ3n) is 4.03. The molecule has 5 nitrogen and oxygen atoms in total. The predicted octanol–water partition coefficient (Wildman–Crippen LogP) is 1.33. The number of nitrogens with zero attached hydrogens (tertiary/aromatic N) is 1. The van der Waals surface area contributed by atoms with Crippen molar-refractivity contribution in [2.75, 3.05) is 12.9 Å². The topological polar surface area (TPSA) is 65.4 Å². The first-order valence-corrected chi connectivity index (χ1v) is 8.56. The third-order valence-corrected chi connectivity index (χ3v) is 4.60. The smallest absolute Gasteiger partial charge is 0.264 e. The van der Waals surface area contributed by atoms with Crippen molar-refractivity contribution >= 4 is 15.7 Å². The number of allylic oxidation sites excluding steroid dienone is 1. The number of hydrogen-bond acceptors (Lipinski definition) is 4. The maximum absolute atomic E-state index is 14.5. The molecule has 1 aromatic rings. The Morgan fingerprint density at radius 3 is 2.81 bits per heavy atom. The first kappa shape index (κ1) is 14.5. The second kappa shape index (κ2) is 4.78. The molecule has 21 heavy (non-hydrogen) atoms. The lowest BCUT2D eigenvalue weighted by Gasteiger charge is -2.23. The predicted molar refractivity (Wildman–Crippen MR) is 75.9 cm³/mol. The van der Waals surface area contributed by atoms with Gasteiger partial charge in [-0.15, -0.1) is 0 Å². The van der Waals surface area contributed by atoms with Crippen molar-refractivity contribution in [3.63, 3.8) is 0 Å². The summed E-state index contributed by atoms with van der Waals surface area (Å²) in [7, 11) is -3.60. The Bertz CT molecular complexity index is 794. The van der Waals surface area contributed by atoms with E-state index in [2.05, 4.69) is 0 Å². The lowest BCUT2D eigenvalue weighted by atomic mass is 9.84. The molecular formula is C14H16FNO4S. The van der Waals surface area contributed by atoms with E-state index in [0.717, 1.165) is 11.8 Å². The number of rotatable bonds is 3. The van der Waals surface area contributed by atoms with Gasteiger partial charge in [-0.05, 0) is 12.0 Å². The Morgan fingerprint density at radius 1 is 1.43 bits per heavy atom. The molecule has 0 N–H and O–H groups in total. The molecular weight excluding hydrogens is 297 g/mol. The van der Waals surface area contributed by atoms with Gasteiger partial charge < -0.3 is 4.57 Å². The van der Waals surface area contributed by atoms with Crippen LogP contribution in [0.1, 0.15) is 18.2 Å². The second-order valence-corrected chi connectivity index (χ2v) is 7.35. The van der Waals surface area contributed by atoms with Crippen LogP contribution in [0, 0.1) is 11.8 Å². The minimum atomic E-state index is -3.60. The fourth-order valence-electron chi connectivity index (χ4n) is 3.13. The molecule has 1 aromatic heterocycles. The highest BCUT2D eigenvalue weighted by Crippen LogP contribution is 2.43. The summed E-state index contributed by atoms with van der Waals surface area (Å²) in [5.74, 6) is -0.977. The van der Waals surface area contributed by atoms with Crippen LogP contribution in [0.25, 0.3) is 5.57 Å². The van der Waals surface area contributed by atoms with E-state index < -0.39 is 16.0 Å². The quantitative estimate of drug-likeness (QED) is 0.790. The summed E-state index contributed by atoms with van der Waals surface area (Å²) >= 11 is 0. The second-order valence-electron chi connectivity index (χ2n) is 5.71. The van der Waals surface area contributed by atoms with Gasteiger partial charge in [0, 0.05) is 30.0 Å². The Balaban J connectivity index is 2.08. The summed E-state index contributed by atoms with van der Waals surface area (Å²) in [5, 5.41) is 0. The van der Waals surface area contributed by atoms with E-state index in [1.807, 2.05) is 0 Å². The van der Waals surface area contributed by atoms with Crippen LogP contribution < -0.4 is 5.56 Å². The van der Waals surface area contributed by atoms with E-state index in [-0.39, 0.29) is 30.5 Å². The number of halogens is 1. The minimum Gasteiger partial charge on any atom is -0.308 e. The summed E-state index contributed by atoms with van der Waals surface area (Å²) in [5.41, 5.74) is 1.78. The zero-order chi connectivity index (χ0) is 15.4. The summed E-state index contributed by atoms with van der Waals surface area (Å²) in [4.78, 5) is 11.9. The molecule has 0 bridgehead atoms. The highest BCUT2D eigenvalue weighted by Gasteiger charge is 2.38. The molecule has 3 rings (SSSR count). The average molecular weight is 313 g/mol. The monoisotopic (exact) mass is 313 g/mol. The largest absolute Gasteiger partial charge is 0.308 e. The fraction of sp³-hybridized carbons (Fsp3) is 0.500. The highest BCUT2D eigenvalue weighted by atomic mass is 32.2. The maximum atomic E-state index is 14.5. The number of aromatic nitrogens is 1. The van der Waals surface area contributed by atoms with Gasteiger partial charge in [-0.3, -0.25) is 8.98 Å². The summed E-state index contributed by atoms with van der Waals surface area (Å²) in [6.45, 7) is 1.90. The molecule has 0 saturated carbocycles. The van der Waals surface area contributed by atoms with E-state index in [1.54, 1.807) is 13.0 Å². The van der Waals surface area contributed by atoms with Gasteiger partial charge in [0.1, 0.15) is 5.83 Å². The van der Waals surface area contributed by atoms with Crippen molar-refractivity contribution in [3.8, 4) is 0 Å².